The molecule has 2 aromatic heterocycles. The summed E-state index contributed by atoms with van der Waals surface area (Å²) in [6, 6.07) is 11.5. The number of nitrogens with zero attached hydrogens (tertiary/aromatic N) is 2. The number of thiazole rings is 1. The molecule has 0 spiro atoms. The smallest absolute Gasteiger partial charge is 0.244 e. The fourth-order valence-corrected chi connectivity index (χ4v) is 6.39. The van der Waals surface area contributed by atoms with Crippen molar-refractivity contribution in [3.05, 3.63) is 53.2 Å². The molecule has 0 saturated carbocycles. The Balaban J connectivity index is 1.54. The van der Waals surface area contributed by atoms with Gasteiger partial charge in [-0.2, -0.15) is 4.31 Å². The average Bonchev–Trinajstić information content (AvgIpc) is 3.40. The fraction of sp³-hybridized carbons (Fsp3) is 0.263. The second-order valence-corrected chi connectivity index (χ2v) is 10.1. The van der Waals surface area contributed by atoms with Gasteiger partial charge < -0.3 is 5.32 Å². The van der Waals surface area contributed by atoms with Crippen LogP contribution >= 0.6 is 22.7 Å². The van der Waals surface area contributed by atoms with Crippen molar-refractivity contribution in [3.8, 4) is 10.6 Å². The Morgan fingerprint density at radius 1 is 1.11 bits per heavy atom. The number of sulfonamides is 1. The van der Waals surface area contributed by atoms with Gasteiger partial charge in [-0.05, 0) is 36.4 Å². The van der Waals surface area contributed by atoms with Crippen molar-refractivity contribution in [3.63, 3.8) is 0 Å². The number of carbonyl (C=O) groups is 1. The van der Waals surface area contributed by atoms with Crippen LogP contribution in [0.1, 0.15) is 19.3 Å². The minimum atomic E-state index is -3.72. The molecular weight excluding hydrogens is 414 g/mol. The minimum Gasteiger partial charge on any atom is -0.301 e. The fourth-order valence-electron chi connectivity index (χ4n) is 3.24. The van der Waals surface area contributed by atoms with E-state index in [4.69, 9.17) is 0 Å². The molecule has 3 aromatic rings. The molecule has 1 fully saturated rings. The molecule has 1 unspecified atom stereocenters. The Labute approximate surface area is 171 Å². The number of hydrogen-bond donors (Lipinski definition) is 1. The molecule has 28 heavy (non-hydrogen) atoms. The van der Waals surface area contributed by atoms with Gasteiger partial charge in [0.25, 0.3) is 0 Å². The summed E-state index contributed by atoms with van der Waals surface area (Å²) in [5.41, 5.74) is 0.813. The molecular formula is C19H19N3O3S3. The highest BCUT2D eigenvalue weighted by Crippen LogP contribution is 2.30. The molecule has 146 valence electrons. The Bertz CT molecular complexity index is 1050. The molecule has 0 radical (unpaired) electrons. The van der Waals surface area contributed by atoms with Gasteiger partial charge in [0, 0.05) is 11.9 Å². The van der Waals surface area contributed by atoms with Crippen LogP contribution in [0, 0.1) is 0 Å². The summed E-state index contributed by atoms with van der Waals surface area (Å²) in [5.74, 6) is -0.328. The molecule has 1 aliphatic rings. The maximum atomic E-state index is 13.0. The predicted molar refractivity (Wildman–Crippen MR) is 112 cm³/mol. The second kappa shape index (κ2) is 8.12. The van der Waals surface area contributed by atoms with E-state index in [-0.39, 0.29) is 10.8 Å². The number of thiophene rings is 1. The number of amides is 1. The van der Waals surface area contributed by atoms with Crippen LogP contribution in [0.3, 0.4) is 0 Å². The van der Waals surface area contributed by atoms with E-state index in [1.54, 1.807) is 41.7 Å². The van der Waals surface area contributed by atoms with Gasteiger partial charge >= 0.3 is 0 Å². The summed E-state index contributed by atoms with van der Waals surface area (Å²) in [5, 5.41) is 7.16. The zero-order chi connectivity index (χ0) is 19.6. The number of aromatic nitrogens is 1. The maximum absolute atomic E-state index is 13.0. The molecule has 9 heteroatoms. The van der Waals surface area contributed by atoms with Crippen molar-refractivity contribution < 1.29 is 13.2 Å². The Kier molecular flexibility index (Phi) is 5.58. The molecule has 4 rings (SSSR count). The van der Waals surface area contributed by atoms with Gasteiger partial charge in [0.05, 0.1) is 15.5 Å². The van der Waals surface area contributed by atoms with E-state index < -0.39 is 16.1 Å². The van der Waals surface area contributed by atoms with Crippen LogP contribution < -0.4 is 5.32 Å². The highest BCUT2D eigenvalue weighted by Gasteiger charge is 2.37. The first kappa shape index (κ1) is 19.3. The zero-order valence-electron chi connectivity index (χ0n) is 14.9. The molecule has 1 amide bonds. The Morgan fingerprint density at radius 3 is 2.68 bits per heavy atom. The third-order valence-corrected chi connectivity index (χ3v) is 8.19. The maximum Gasteiger partial charge on any atom is 0.244 e. The van der Waals surface area contributed by atoms with Crippen LogP contribution in [0.2, 0.25) is 0 Å². The van der Waals surface area contributed by atoms with Crippen molar-refractivity contribution in [2.24, 2.45) is 0 Å². The predicted octanol–water partition coefficient (Wildman–Crippen LogP) is 4.05. The summed E-state index contributed by atoms with van der Waals surface area (Å²) >= 11 is 2.92. The lowest BCUT2D eigenvalue weighted by Gasteiger charge is -2.33. The normalized spacial score (nSPS) is 18.1. The quantitative estimate of drug-likeness (QED) is 0.658. The lowest BCUT2D eigenvalue weighted by Crippen LogP contribution is -2.49. The highest BCUT2D eigenvalue weighted by atomic mass is 32.2. The molecule has 1 saturated heterocycles. The standard InChI is InChI=1S/C19H19N3O3S3/c23-18(21-19-20-15(13-27-19)17-10-6-12-26-17)16-9-4-5-11-22(16)28(24,25)14-7-2-1-3-8-14/h1-3,6-8,10,12-13,16H,4-5,9,11H2,(H,20,21,23). The molecule has 1 aliphatic heterocycles. The third kappa shape index (κ3) is 3.88. The monoisotopic (exact) mass is 433 g/mol. The van der Waals surface area contributed by atoms with E-state index in [2.05, 4.69) is 10.3 Å². The van der Waals surface area contributed by atoms with Crippen molar-refractivity contribution in [2.45, 2.75) is 30.2 Å². The molecule has 3 heterocycles. The minimum absolute atomic E-state index is 0.212. The SMILES string of the molecule is O=C(Nc1nc(-c2cccs2)cs1)C1CCCCN1S(=O)(=O)c1ccccc1. The van der Waals surface area contributed by atoms with Crippen molar-refractivity contribution in [1.29, 1.82) is 0 Å². The Morgan fingerprint density at radius 2 is 1.93 bits per heavy atom. The third-order valence-electron chi connectivity index (χ3n) is 4.61. The average molecular weight is 434 g/mol. The van der Waals surface area contributed by atoms with Crippen molar-refractivity contribution in [1.82, 2.24) is 9.29 Å². The molecule has 1 atom stereocenters. The number of carbonyl (C=O) groups excluding carboxylic acids is 1. The van der Waals surface area contributed by atoms with Crippen molar-refractivity contribution in [2.75, 3.05) is 11.9 Å². The van der Waals surface area contributed by atoms with Crippen LogP contribution in [-0.2, 0) is 14.8 Å². The number of hydrogen-bond acceptors (Lipinski definition) is 6. The summed E-state index contributed by atoms with van der Waals surface area (Å²) in [6.07, 6.45) is 2.06. The largest absolute Gasteiger partial charge is 0.301 e. The van der Waals surface area contributed by atoms with E-state index in [9.17, 15) is 13.2 Å². The second-order valence-electron chi connectivity index (χ2n) is 6.44. The summed E-state index contributed by atoms with van der Waals surface area (Å²) in [7, 11) is -3.72. The van der Waals surface area contributed by atoms with Crippen LogP contribution in [0.4, 0.5) is 5.13 Å². The molecule has 6 nitrogen and oxygen atoms in total. The van der Waals surface area contributed by atoms with Crippen LogP contribution in [0.25, 0.3) is 10.6 Å². The highest BCUT2D eigenvalue weighted by molar-refractivity contribution is 7.89. The number of benzene rings is 1. The van der Waals surface area contributed by atoms with E-state index in [0.717, 1.165) is 23.4 Å². The van der Waals surface area contributed by atoms with Gasteiger partial charge in [0.1, 0.15) is 6.04 Å². The molecule has 1 N–H and O–H groups in total. The van der Waals surface area contributed by atoms with Crippen molar-refractivity contribution >= 4 is 43.7 Å². The zero-order valence-corrected chi connectivity index (χ0v) is 17.4. The van der Waals surface area contributed by atoms with Gasteiger partial charge in [-0.15, -0.1) is 22.7 Å². The van der Waals surface area contributed by atoms with E-state index in [1.807, 2.05) is 22.9 Å². The first-order valence-electron chi connectivity index (χ1n) is 8.93. The summed E-state index contributed by atoms with van der Waals surface area (Å²) < 4.78 is 27.4. The number of piperidine rings is 1. The summed E-state index contributed by atoms with van der Waals surface area (Å²) in [4.78, 5) is 18.6. The van der Waals surface area contributed by atoms with Crippen LogP contribution in [-0.4, -0.2) is 36.2 Å². The van der Waals surface area contributed by atoms with Gasteiger partial charge in [-0.1, -0.05) is 30.7 Å². The molecule has 0 bridgehead atoms. The topological polar surface area (TPSA) is 79.4 Å². The van der Waals surface area contributed by atoms with Crippen LogP contribution in [0.5, 0.6) is 0 Å². The van der Waals surface area contributed by atoms with Gasteiger partial charge in [0.2, 0.25) is 15.9 Å². The first-order valence-corrected chi connectivity index (χ1v) is 12.1. The van der Waals surface area contributed by atoms with E-state index in [1.165, 1.54) is 15.6 Å². The van der Waals surface area contributed by atoms with E-state index in [0.29, 0.717) is 18.1 Å². The van der Waals surface area contributed by atoms with E-state index >= 15 is 0 Å². The van der Waals surface area contributed by atoms with Gasteiger partial charge in [-0.25, -0.2) is 13.4 Å². The number of anilines is 1. The summed E-state index contributed by atoms with van der Waals surface area (Å²) in [6.45, 7) is 0.341. The van der Waals surface area contributed by atoms with Gasteiger partial charge in [-0.3, -0.25) is 4.79 Å². The lowest BCUT2D eigenvalue weighted by molar-refractivity contribution is -0.120. The Hall–Kier alpha value is -2.07. The number of nitrogens with one attached hydrogen (secondary N) is 1. The lowest BCUT2D eigenvalue weighted by atomic mass is 10.0. The van der Waals surface area contributed by atoms with Gasteiger partial charge in [0.15, 0.2) is 5.13 Å². The first-order chi connectivity index (χ1) is 13.6. The molecule has 0 aliphatic carbocycles. The van der Waals surface area contributed by atoms with Crippen LogP contribution in [0.15, 0.2) is 58.1 Å². The number of rotatable bonds is 5. The molecule has 1 aromatic carbocycles.